The van der Waals surface area contributed by atoms with E-state index in [1.165, 1.54) is 20.3 Å². The zero-order valence-corrected chi connectivity index (χ0v) is 24.9. The van der Waals surface area contributed by atoms with Crippen LogP contribution >= 0.6 is 0 Å². The lowest BCUT2D eigenvalue weighted by Gasteiger charge is -2.32. The van der Waals surface area contributed by atoms with Crippen LogP contribution in [-0.2, 0) is 32.0 Å². The number of Topliss-reactive ketones (excluding diaryl/α,β-unsaturated/α-hetero) is 5. The molecule has 1 aliphatic rings. The highest BCUT2D eigenvalue weighted by Gasteiger charge is 2.33. The van der Waals surface area contributed by atoms with Gasteiger partial charge in [-0.25, -0.2) is 0 Å². The Hall–Kier alpha value is -2.43. The topological polar surface area (TPSA) is 85.3 Å². The minimum absolute atomic E-state index is 0.000591. The van der Waals surface area contributed by atoms with E-state index in [0.29, 0.717) is 32.1 Å². The Bertz CT molecular complexity index is 974. The number of rotatable bonds is 15. The Morgan fingerprint density at radius 2 is 1.61 bits per heavy atom. The number of carbonyl (C=O) groups excluding carboxylic acids is 5. The monoisotopic (exact) mass is 526 g/mol. The maximum atomic E-state index is 13.2. The minimum Gasteiger partial charge on any atom is -0.300 e. The first kappa shape index (κ1) is 33.6. The molecule has 0 bridgehead atoms. The first-order valence-electron chi connectivity index (χ1n) is 14.7. The molecule has 5 nitrogen and oxygen atoms in total. The molecule has 0 amide bonds. The molecule has 3 atom stereocenters. The molecule has 5 heteroatoms. The summed E-state index contributed by atoms with van der Waals surface area (Å²) in [7, 11) is 0. The van der Waals surface area contributed by atoms with Gasteiger partial charge in [0.25, 0.3) is 0 Å². The highest BCUT2D eigenvalue weighted by molar-refractivity contribution is 6.01. The van der Waals surface area contributed by atoms with Gasteiger partial charge in [0.2, 0.25) is 0 Å². The smallest absolute Gasteiger partial charge is 0.163 e. The highest BCUT2D eigenvalue weighted by Crippen LogP contribution is 2.37. The van der Waals surface area contributed by atoms with Crippen molar-refractivity contribution in [2.45, 2.75) is 126 Å². The fourth-order valence-corrected chi connectivity index (χ4v) is 5.79. The summed E-state index contributed by atoms with van der Waals surface area (Å²) in [5.41, 5.74) is 3.60. The van der Waals surface area contributed by atoms with Gasteiger partial charge in [-0.15, -0.1) is 0 Å². The summed E-state index contributed by atoms with van der Waals surface area (Å²) in [5, 5.41) is 0. The SMILES string of the molecule is CCC.CCCC(CC1CC(=O)c2c(ccc(CC(=O)CCCC(C)=O)c2C)C1)C(CC)C(=O)CC(C)=O. The molecule has 0 radical (unpaired) electrons. The molecular weight excluding hydrogens is 476 g/mol. The van der Waals surface area contributed by atoms with E-state index in [2.05, 4.69) is 20.8 Å². The number of carbonyl (C=O) groups is 5. The molecular formula is C33H50O5. The van der Waals surface area contributed by atoms with Crippen LogP contribution in [0.5, 0.6) is 0 Å². The molecule has 1 aromatic rings. The molecule has 0 saturated heterocycles. The number of hydrogen-bond acceptors (Lipinski definition) is 5. The van der Waals surface area contributed by atoms with Crippen LogP contribution in [0.3, 0.4) is 0 Å². The molecule has 0 saturated carbocycles. The summed E-state index contributed by atoms with van der Waals surface area (Å²) in [5.74, 6) is 0.500. The van der Waals surface area contributed by atoms with Gasteiger partial charge in [-0.3, -0.25) is 19.2 Å². The Morgan fingerprint density at radius 3 is 2.16 bits per heavy atom. The maximum Gasteiger partial charge on any atom is 0.163 e. The first-order valence-corrected chi connectivity index (χ1v) is 14.7. The molecule has 0 aromatic heterocycles. The number of ketones is 5. The molecule has 0 spiro atoms. The third-order valence-corrected chi connectivity index (χ3v) is 7.44. The minimum atomic E-state index is -0.131. The van der Waals surface area contributed by atoms with Gasteiger partial charge in [-0.2, -0.15) is 0 Å². The molecule has 2 rings (SSSR count). The van der Waals surface area contributed by atoms with Crippen LogP contribution in [0.15, 0.2) is 12.1 Å². The highest BCUT2D eigenvalue weighted by atomic mass is 16.2. The predicted molar refractivity (Wildman–Crippen MR) is 154 cm³/mol. The summed E-state index contributed by atoms with van der Waals surface area (Å²) in [4.78, 5) is 61.0. The molecule has 212 valence electrons. The largest absolute Gasteiger partial charge is 0.300 e. The summed E-state index contributed by atoms with van der Waals surface area (Å²) >= 11 is 0. The fourth-order valence-electron chi connectivity index (χ4n) is 5.79. The molecule has 0 N–H and O–H groups in total. The van der Waals surface area contributed by atoms with Gasteiger partial charge in [0.15, 0.2) is 5.78 Å². The van der Waals surface area contributed by atoms with Crippen molar-refractivity contribution in [1.29, 1.82) is 0 Å². The van der Waals surface area contributed by atoms with E-state index < -0.39 is 0 Å². The van der Waals surface area contributed by atoms with Crippen LogP contribution in [0.2, 0.25) is 0 Å². The van der Waals surface area contributed by atoms with Crippen molar-refractivity contribution in [1.82, 2.24) is 0 Å². The van der Waals surface area contributed by atoms with Gasteiger partial charge in [-0.05, 0) is 75.0 Å². The zero-order valence-electron chi connectivity index (χ0n) is 24.9. The quantitative estimate of drug-likeness (QED) is 0.222. The average Bonchev–Trinajstić information content (AvgIpc) is 2.81. The average molecular weight is 527 g/mol. The van der Waals surface area contributed by atoms with Crippen LogP contribution in [-0.4, -0.2) is 28.9 Å². The second-order valence-electron chi connectivity index (χ2n) is 11.2. The van der Waals surface area contributed by atoms with Crippen LogP contribution in [0, 0.1) is 24.7 Å². The number of hydrogen-bond donors (Lipinski definition) is 0. The third-order valence-electron chi connectivity index (χ3n) is 7.44. The van der Waals surface area contributed by atoms with E-state index in [-0.39, 0.29) is 53.1 Å². The number of fused-ring (bicyclic) bond motifs is 1. The van der Waals surface area contributed by atoms with E-state index in [1.54, 1.807) is 0 Å². The maximum absolute atomic E-state index is 13.2. The van der Waals surface area contributed by atoms with Gasteiger partial charge in [0, 0.05) is 37.2 Å². The van der Waals surface area contributed by atoms with Crippen LogP contribution in [0.25, 0.3) is 0 Å². The Morgan fingerprint density at radius 1 is 0.947 bits per heavy atom. The van der Waals surface area contributed by atoms with Crippen LogP contribution in [0.1, 0.15) is 133 Å². The van der Waals surface area contributed by atoms with Crippen LogP contribution < -0.4 is 0 Å². The van der Waals surface area contributed by atoms with E-state index in [1.807, 2.05) is 26.0 Å². The zero-order chi connectivity index (χ0) is 28.8. The standard InChI is InChI=1S/C30H42O5.C3H8/c1-6-9-24(27(7-2)28(34)14-20(4)32)15-22-16-25-13-12-23(21(5)30(25)29(35)17-22)18-26(33)11-8-10-19(3)31;1-3-2/h12-13,22,24,27H,6-11,14-18H2,1-5H3;3H2,1-2H3. The van der Waals surface area contributed by atoms with E-state index in [9.17, 15) is 24.0 Å². The van der Waals surface area contributed by atoms with Crippen molar-refractivity contribution >= 4 is 28.9 Å². The molecule has 38 heavy (non-hydrogen) atoms. The van der Waals surface area contributed by atoms with Crippen LogP contribution in [0.4, 0.5) is 0 Å². The summed E-state index contributed by atoms with van der Waals surface area (Å²) < 4.78 is 0. The lowest BCUT2D eigenvalue weighted by atomic mass is 9.72. The number of benzene rings is 1. The molecule has 0 aliphatic heterocycles. The van der Waals surface area contributed by atoms with Crippen molar-refractivity contribution in [3.8, 4) is 0 Å². The molecule has 3 unspecified atom stereocenters. The third kappa shape index (κ3) is 10.7. The summed E-state index contributed by atoms with van der Waals surface area (Å²) in [6.07, 6.45) is 7.60. The Labute approximate surface area is 230 Å². The van der Waals surface area contributed by atoms with Gasteiger partial charge in [0.1, 0.15) is 23.1 Å². The van der Waals surface area contributed by atoms with Gasteiger partial charge >= 0.3 is 0 Å². The normalized spacial score (nSPS) is 16.1. The van der Waals surface area contributed by atoms with E-state index in [0.717, 1.165) is 54.4 Å². The lowest BCUT2D eigenvalue weighted by molar-refractivity contribution is -0.130. The lowest BCUT2D eigenvalue weighted by Crippen LogP contribution is -2.30. The molecule has 1 aromatic carbocycles. The van der Waals surface area contributed by atoms with Crippen molar-refractivity contribution in [2.75, 3.05) is 0 Å². The second kappa shape index (κ2) is 17.2. The van der Waals surface area contributed by atoms with Crippen molar-refractivity contribution < 1.29 is 24.0 Å². The summed E-state index contributed by atoms with van der Waals surface area (Å²) in [6.45, 7) is 13.3. The summed E-state index contributed by atoms with van der Waals surface area (Å²) in [6, 6.07) is 3.97. The van der Waals surface area contributed by atoms with E-state index in [4.69, 9.17) is 0 Å². The van der Waals surface area contributed by atoms with Crippen molar-refractivity contribution in [2.24, 2.45) is 17.8 Å². The Kier molecular flexibility index (Phi) is 15.2. The Balaban J connectivity index is 0.00000229. The molecule has 1 aliphatic carbocycles. The van der Waals surface area contributed by atoms with E-state index >= 15 is 0 Å². The van der Waals surface area contributed by atoms with Crippen molar-refractivity contribution in [3.63, 3.8) is 0 Å². The fraction of sp³-hybridized carbons (Fsp3) is 0.667. The second-order valence-corrected chi connectivity index (χ2v) is 11.2. The van der Waals surface area contributed by atoms with Gasteiger partial charge in [0.05, 0.1) is 6.42 Å². The van der Waals surface area contributed by atoms with Crippen molar-refractivity contribution in [3.05, 3.63) is 34.4 Å². The first-order chi connectivity index (χ1) is 18.0. The van der Waals surface area contributed by atoms with Gasteiger partial charge < -0.3 is 4.79 Å². The molecule has 0 fully saturated rings. The predicted octanol–water partition coefficient (Wildman–Crippen LogP) is 7.41. The van der Waals surface area contributed by atoms with Gasteiger partial charge in [-0.1, -0.05) is 59.1 Å². The molecule has 0 heterocycles.